The fourth-order valence-electron chi connectivity index (χ4n) is 5.35. The third-order valence-electron chi connectivity index (χ3n) is 8.10. The largest absolute Gasteiger partial charge is 0.493 e. The highest BCUT2D eigenvalue weighted by atomic mass is 32.1. The summed E-state index contributed by atoms with van der Waals surface area (Å²) in [6, 6.07) is 7.56. The second kappa shape index (κ2) is 11.4. The molecule has 0 atom stereocenters. The van der Waals surface area contributed by atoms with Crippen LogP contribution in [0.2, 0.25) is 0 Å². The number of nitriles is 1. The van der Waals surface area contributed by atoms with E-state index >= 15 is 0 Å². The minimum Gasteiger partial charge on any atom is -0.493 e. The lowest BCUT2D eigenvalue weighted by atomic mass is 9.78. The molecule has 2 amide bonds. The van der Waals surface area contributed by atoms with Crippen LogP contribution in [0.1, 0.15) is 63.8 Å². The molecular weight excluding hydrogens is 571 g/mol. The van der Waals surface area contributed by atoms with E-state index in [9.17, 15) is 27.9 Å². The van der Waals surface area contributed by atoms with E-state index in [1.165, 1.54) is 11.0 Å². The van der Waals surface area contributed by atoms with Crippen LogP contribution in [-0.4, -0.2) is 57.3 Å². The number of carbonyl (C=O) groups is 2. The zero-order valence-corrected chi connectivity index (χ0v) is 24.6. The normalized spacial score (nSPS) is 18.3. The minimum atomic E-state index is -4.84. The molecule has 0 spiro atoms. The van der Waals surface area contributed by atoms with Gasteiger partial charge >= 0.3 is 12.3 Å². The van der Waals surface area contributed by atoms with Gasteiger partial charge < -0.3 is 19.6 Å². The third-order valence-corrected chi connectivity index (χ3v) is 8.46. The molecule has 4 rings (SSSR count). The van der Waals surface area contributed by atoms with Gasteiger partial charge in [0, 0.05) is 18.8 Å². The van der Waals surface area contributed by atoms with Crippen LogP contribution in [0.15, 0.2) is 30.5 Å². The van der Waals surface area contributed by atoms with E-state index in [4.69, 9.17) is 22.2 Å². The molecule has 1 aromatic heterocycles. The number of piperidine rings is 1. The Morgan fingerprint density at radius 2 is 1.86 bits per heavy atom. The average molecular weight is 604 g/mol. The van der Waals surface area contributed by atoms with Crippen molar-refractivity contribution in [2.45, 2.75) is 65.1 Å². The SMILES string of the molecule is CCc1cc(N2C(=S)N(c3cnc(C#N)c(C(F)(F)F)c3)C(=O)C2(C)C)ccc1OCCC1(C)CCN(C(=O)O)CC1. The van der Waals surface area contributed by atoms with Crippen molar-refractivity contribution in [3.63, 3.8) is 0 Å². The maximum absolute atomic E-state index is 13.6. The molecule has 0 radical (unpaired) electrons. The van der Waals surface area contributed by atoms with Gasteiger partial charge in [-0.2, -0.15) is 18.4 Å². The van der Waals surface area contributed by atoms with Gasteiger partial charge in [-0.25, -0.2) is 9.78 Å². The van der Waals surface area contributed by atoms with Gasteiger partial charge in [-0.1, -0.05) is 13.8 Å². The van der Waals surface area contributed by atoms with Crippen LogP contribution in [0.3, 0.4) is 0 Å². The Hall–Kier alpha value is -3.92. The molecule has 3 heterocycles. The quantitative estimate of drug-likeness (QED) is 0.384. The van der Waals surface area contributed by atoms with Gasteiger partial charge in [0.25, 0.3) is 5.91 Å². The number of carboxylic acid groups (broad SMARTS) is 1. The van der Waals surface area contributed by atoms with Crippen LogP contribution in [0.5, 0.6) is 5.75 Å². The predicted octanol–water partition coefficient (Wildman–Crippen LogP) is 6.00. The van der Waals surface area contributed by atoms with E-state index < -0.39 is 35.0 Å². The van der Waals surface area contributed by atoms with E-state index in [1.807, 2.05) is 13.0 Å². The second-order valence-corrected chi connectivity index (χ2v) is 11.7. The first-order valence-corrected chi connectivity index (χ1v) is 13.9. The maximum atomic E-state index is 13.6. The molecule has 0 saturated carbocycles. The van der Waals surface area contributed by atoms with Crippen LogP contribution in [0.4, 0.5) is 29.3 Å². The first kappa shape index (κ1) is 31.0. The molecular formula is C29H32F3N5O4S. The summed E-state index contributed by atoms with van der Waals surface area (Å²) >= 11 is 5.63. The summed E-state index contributed by atoms with van der Waals surface area (Å²) in [5, 5.41) is 18.3. The highest BCUT2D eigenvalue weighted by molar-refractivity contribution is 7.81. The summed E-state index contributed by atoms with van der Waals surface area (Å²) < 4.78 is 46.9. The zero-order valence-electron chi connectivity index (χ0n) is 23.8. The predicted molar refractivity (Wildman–Crippen MR) is 153 cm³/mol. The summed E-state index contributed by atoms with van der Waals surface area (Å²) in [7, 11) is 0. The van der Waals surface area contributed by atoms with Crippen molar-refractivity contribution in [1.29, 1.82) is 5.26 Å². The van der Waals surface area contributed by atoms with Crippen molar-refractivity contribution >= 4 is 40.7 Å². The van der Waals surface area contributed by atoms with Gasteiger partial charge in [0.2, 0.25) is 0 Å². The Bertz CT molecular complexity index is 1450. The number of halogens is 3. The number of aromatic nitrogens is 1. The summed E-state index contributed by atoms with van der Waals surface area (Å²) in [5.41, 5.74) is -2.02. The molecule has 0 unspecified atom stereocenters. The van der Waals surface area contributed by atoms with Crippen LogP contribution >= 0.6 is 12.2 Å². The number of ether oxygens (including phenoxy) is 1. The van der Waals surface area contributed by atoms with E-state index in [2.05, 4.69) is 11.9 Å². The third kappa shape index (κ3) is 5.86. The van der Waals surface area contributed by atoms with Gasteiger partial charge in [-0.15, -0.1) is 0 Å². The van der Waals surface area contributed by atoms with Gasteiger partial charge in [0.05, 0.1) is 24.1 Å². The monoisotopic (exact) mass is 603 g/mol. The number of hydrogen-bond acceptors (Lipinski definition) is 6. The highest BCUT2D eigenvalue weighted by Gasteiger charge is 2.51. The van der Waals surface area contributed by atoms with Gasteiger partial charge in [-0.3, -0.25) is 9.69 Å². The smallest absolute Gasteiger partial charge is 0.419 e. The van der Waals surface area contributed by atoms with Crippen molar-refractivity contribution in [3.8, 4) is 11.8 Å². The lowest BCUT2D eigenvalue weighted by Gasteiger charge is -2.38. The molecule has 1 aromatic carbocycles. The summed E-state index contributed by atoms with van der Waals surface area (Å²) in [5.74, 6) is 0.137. The zero-order chi connectivity index (χ0) is 31.0. The molecule has 2 aliphatic rings. The molecule has 9 nitrogen and oxygen atoms in total. The molecule has 224 valence electrons. The lowest BCUT2D eigenvalue weighted by molar-refractivity contribution is -0.138. The fraction of sp³-hybridized carbons (Fsp3) is 0.483. The average Bonchev–Trinajstić information content (AvgIpc) is 3.11. The lowest BCUT2D eigenvalue weighted by Crippen LogP contribution is -2.44. The standard InChI is InChI=1S/C29H32F3N5O4S/c1-5-18-14-19(6-7-23(18)41-13-10-28(4)8-11-35(12-9-28)26(39)40)37-25(42)36(24(38)27(37,2)3)20-15-21(29(30,31)32)22(16-33)34-17-20/h6-7,14-15,17H,5,8-13H2,1-4H3,(H,39,40). The van der Waals surface area contributed by atoms with Crippen molar-refractivity contribution in [1.82, 2.24) is 9.88 Å². The number of amides is 2. The first-order chi connectivity index (χ1) is 19.6. The molecule has 42 heavy (non-hydrogen) atoms. The van der Waals surface area contributed by atoms with Crippen LogP contribution in [0, 0.1) is 16.7 Å². The van der Waals surface area contributed by atoms with Crippen molar-refractivity contribution in [2.75, 3.05) is 29.5 Å². The molecule has 2 aliphatic heterocycles. The number of carbonyl (C=O) groups excluding carboxylic acids is 1. The van der Waals surface area contributed by atoms with Crippen LogP contribution < -0.4 is 14.5 Å². The Balaban J connectivity index is 1.54. The number of thiocarbonyl (C=S) groups is 1. The summed E-state index contributed by atoms with van der Waals surface area (Å²) in [6.45, 7) is 8.81. The molecule has 13 heteroatoms. The number of likely N-dealkylation sites (tertiary alicyclic amines) is 1. The summed E-state index contributed by atoms with van der Waals surface area (Å²) in [6.07, 6.45) is -1.81. The van der Waals surface area contributed by atoms with E-state index in [-0.39, 0.29) is 16.2 Å². The van der Waals surface area contributed by atoms with Crippen molar-refractivity contribution < 1.29 is 32.6 Å². The van der Waals surface area contributed by atoms with Crippen LogP contribution in [-0.2, 0) is 17.4 Å². The number of hydrogen-bond donors (Lipinski definition) is 1. The van der Waals surface area contributed by atoms with Gasteiger partial charge in [-0.05, 0) is 87.0 Å². The number of rotatable bonds is 7. The Kier molecular flexibility index (Phi) is 8.42. The van der Waals surface area contributed by atoms with Crippen LogP contribution in [0.25, 0.3) is 0 Å². The Morgan fingerprint density at radius 3 is 2.43 bits per heavy atom. The number of anilines is 2. The molecule has 0 aliphatic carbocycles. The Morgan fingerprint density at radius 1 is 1.19 bits per heavy atom. The highest BCUT2D eigenvalue weighted by Crippen LogP contribution is 2.40. The van der Waals surface area contributed by atoms with Crippen molar-refractivity contribution in [2.24, 2.45) is 5.41 Å². The number of benzene rings is 1. The minimum absolute atomic E-state index is 0.0130. The van der Waals surface area contributed by atoms with E-state index in [1.54, 1.807) is 30.9 Å². The second-order valence-electron chi connectivity index (χ2n) is 11.3. The van der Waals surface area contributed by atoms with E-state index in [0.29, 0.717) is 37.6 Å². The van der Waals surface area contributed by atoms with Gasteiger partial charge in [0.1, 0.15) is 17.4 Å². The molecule has 2 aromatic rings. The fourth-order valence-corrected chi connectivity index (χ4v) is 5.88. The molecule has 2 saturated heterocycles. The Labute approximate surface area is 247 Å². The molecule has 1 N–H and O–H groups in total. The van der Waals surface area contributed by atoms with Crippen molar-refractivity contribution in [3.05, 3.63) is 47.3 Å². The number of alkyl halides is 3. The number of aryl methyl sites for hydroxylation is 1. The maximum Gasteiger partial charge on any atom is 0.419 e. The van der Waals surface area contributed by atoms with Gasteiger partial charge in [0.15, 0.2) is 10.8 Å². The topological polar surface area (TPSA) is 110 Å². The summed E-state index contributed by atoms with van der Waals surface area (Å²) in [4.78, 5) is 32.4. The molecule has 0 bridgehead atoms. The number of pyridine rings is 1. The molecule has 2 fully saturated rings. The van der Waals surface area contributed by atoms with E-state index in [0.717, 1.165) is 42.0 Å². The first-order valence-electron chi connectivity index (χ1n) is 13.5. The number of nitrogens with zero attached hydrogens (tertiary/aromatic N) is 5.